The molecule has 1 aliphatic rings. The fourth-order valence-electron chi connectivity index (χ4n) is 2.24. The lowest BCUT2D eigenvalue weighted by molar-refractivity contribution is 0.0714. The third-order valence-corrected chi connectivity index (χ3v) is 3.28. The van der Waals surface area contributed by atoms with E-state index in [2.05, 4.69) is 5.32 Å². The Labute approximate surface area is 105 Å². The number of hydrogen-bond donors (Lipinski definition) is 3. The summed E-state index contributed by atoms with van der Waals surface area (Å²) in [4.78, 5) is 11.9. The minimum Gasteiger partial charge on any atom is -0.399 e. The number of nitrogens with one attached hydrogen (secondary N) is 1. The number of carbonyl (C=O) groups excluding carboxylic acids is 1. The topological polar surface area (TPSA) is 75.4 Å². The largest absolute Gasteiger partial charge is 0.399 e. The van der Waals surface area contributed by atoms with E-state index in [1.54, 1.807) is 0 Å². The van der Waals surface area contributed by atoms with Gasteiger partial charge in [-0.05, 0) is 31.0 Å². The molecule has 18 heavy (non-hydrogen) atoms. The van der Waals surface area contributed by atoms with Gasteiger partial charge in [0.25, 0.3) is 5.91 Å². The number of aliphatic hydroxyl groups excluding tert-OH is 1. The van der Waals surface area contributed by atoms with Gasteiger partial charge in [0.15, 0.2) is 0 Å². The van der Waals surface area contributed by atoms with Crippen LogP contribution in [0, 0.1) is 5.82 Å². The van der Waals surface area contributed by atoms with Crippen molar-refractivity contribution >= 4 is 11.6 Å². The molecule has 0 aliphatic heterocycles. The molecule has 0 spiro atoms. The molecule has 4 nitrogen and oxygen atoms in total. The zero-order valence-electron chi connectivity index (χ0n) is 10.0. The van der Waals surface area contributed by atoms with Gasteiger partial charge in [0.05, 0.1) is 17.7 Å². The SMILES string of the molecule is Nc1ccc(C(=O)N[C@@H]2CCCC[C@H]2O)c(F)c1. The van der Waals surface area contributed by atoms with Crippen LogP contribution >= 0.6 is 0 Å². The number of rotatable bonds is 2. The highest BCUT2D eigenvalue weighted by Gasteiger charge is 2.25. The number of benzene rings is 1. The lowest BCUT2D eigenvalue weighted by atomic mass is 9.92. The first-order chi connectivity index (χ1) is 8.58. The second-order valence-electron chi connectivity index (χ2n) is 4.67. The number of hydrogen-bond acceptors (Lipinski definition) is 3. The van der Waals surface area contributed by atoms with Crippen LogP contribution in [0.1, 0.15) is 36.0 Å². The van der Waals surface area contributed by atoms with Gasteiger partial charge in [0.2, 0.25) is 0 Å². The van der Waals surface area contributed by atoms with Crippen LogP contribution < -0.4 is 11.1 Å². The molecule has 0 bridgehead atoms. The van der Waals surface area contributed by atoms with Gasteiger partial charge in [-0.25, -0.2) is 4.39 Å². The highest BCUT2D eigenvalue weighted by atomic mass is 19.1. The van der Waals surface area contributed by atoms with Crippen LogP contribution in [0.15, 0.2) is 18.2 Å². The second kappa shape index (κ2) is 5.35. The summed E-state index contributed by atoms with van der Waals surface area (Å²) < 4.78 is 13.5. The Bertz CT molecular complexity index is 451. The molecule has 1 saturated carbocycles. The van der Waals surface area contributed by atoms with Crippen molar-refractivity contribution in [3.8, 4) is 0 Å². The molecule has 1 fully saturated rings. The zero-order valence-corrected chi connectivity index (χ0v) is 10.0. The Morgan fingerprint density at radius 3 is 2.78 bits per heavy atom. The molecule has 0 unspecified atom stereocenters. The molecule has 1 aliphatic carbocycles. The standard InChI is InChI=1S/C13H17FN2O2/c14-10-7-8(15)5-6-9(10)13(18)16-11-3-1-2-4-12(11)17/h5-7,11-12,17H,1-4,15H2,(H,16,18)/t11-,12-/m1/s1. The Hall–Kier alpha value is -1.62. The van der Waals surface area contributed by atoms with Crippen molar-refractivity contribution in [3.05, 3.63) is 29.6 Å². The summed E-state index contributed by atoms with van der Waals surface area (Å²) in [6, 6.07) is 3.67. The van der Waals surface area contributed by atoms with Gasteiger partial charge in [0.1, 0.15) is 5.82 Å². The van der Waals surface area contributed by atoms with E-state index < -0.39 is 17.8 Å². The van der Waals surface area contributed by atoms with Crippen LogP contribution in [0.2, 0.25) is 0 Å². The fourth-order valence-corrected chi connectivity index (χ4v) is 2.24. The van der Waals surface area contributed by atoms with Gasteiger partial charge in [-0.15, -0.1) is 0 Å². The van der Waals surface area contributed by atoms with Gasteiger partial charge in [0, 0.05) is 5.69 Å². The third kappa shape index (κ3) is 2.79. The number of carbonyl (C=O) groups is 1. The minimum absolute atomic E-state index is 0.0398. The van der Waals surface area contributed by atoms with Crippen molar-refractivity contribution < 1.29 is 14.3 Å². The van der Waals surface area contributed by atoms with E-state index in [1.807, 2.05) is 0 Å². The van der Waals surface area contributed by atoms with Crippen molar-refractivity contribution in [2.24, 2.45) is 0 Å². The minimum atomic E-state index is -0.641. The predicted octanol–water partition coefficient (Wildman–Crippen LogP) is 1.44. The van der Waals surface area contributed by atoms with E-state index in [1.165, 1.54) is 12.1 Å². The van der Waals surface area contributed by atoms with Crippen LogP contribution in [0.25, 0.3) is 0 Å². The average molecular weight is 252 g/mol. The van der Waals surface area contributed by atoms with Gasteiger partial charge in [-0.3, -0.25) is 4.79 Å². The molecular formula is C13H17FN2O2. The lowest BCUT2D eigenvalue weighted by Gasteiger charge is -2.28. The smallest absolute Gasteiger partial charge is 0.254 e. The molecule has 5 heteroatoms. The number of aliphatic hydroxyl groups is 1. The van der Waals surface area contributed by atoms with E-state index in [9.17, 15) is 14.3 Å². The molecule has 2 atom stereocenters. The summed E-state index contributed by atoms with van der Waals surface area (Å²) >= 11 is 0. The molecule has 98 valence electrons. The Morgan fingerprint density at radius 1 is 1.39 bits per heavy atom. The maximum atomic E-state index is 13.5. The van der Waals surface area contributed by atoms with Gasteiger partial charge in [-0.2, -0.15) is 0 Å². The summed E-state index contributed by atoms with van der Waals surface area (Å²) in [6.07, 6.45) is 2.79. The summed E-state index contributed by atoms with van der Waals surface area (Å²) in [5.74, 6) is -1.14. The van der Waals surface area contributed by atoms with Crippen molar-refractivity contribution in [2.45, 2.75) is 37.8 Å². The molecular weight excluding hydrogens is 235 g/mol. The summed E-state index contributed by atoms with van der Waals surface area (Å²) in [5.41, 5.74) is 5.66. The quantitative estimate of drug-likeness (QED) is 0.697. The summed E-state index contributed by atoms with van der Waals surface area (Å²) in [7, 11) is 0. The van der Waals surface area contributed by atoms with Gasteiger partial charge >= 0.3 is 0 Å². The average Bonchev–Trinajstić information content (AvgIpc) is 2.32. The third-order valence-electron chi connectivity index (χ3n) is 3.28. The number of nitrogens with two attached hydrogens (primary N) is 1. The van der Waals surface area contributed by atoms with Crippen LogP contribution in [0.4, 0.5) is 10.1 Å². The van der Waals surface area contributed by atoms with Crippen LogP contribution in [0.5, 0.6) is 0 Å². The van der Waals surface area contributed by atoms with Crippen LogP contribution in [0.3, 0.4) is 0 Å². The molecule has 1 aromatic carbocycles. The maximum Gasteiger partial charge on any atom is 0.254 e. The fraction of sp³-hybridized carbons (Fsp3) is 0.462. The highest BCUT2D eigenvalue weighted by molar-refractivity contribution is 5.95. The normalized spacial score (nSPS) is 23.7. The highest BCUT2D eigenvalue weighted by Crippen LogP contribution is 2.19. The van der Waals surface area contributed by atoms with E-state index in [0.717, 1.165) is 25.3 Å². The Balaban J connectivity index is 2.07. The van der Waals surface area contributed by atoms with Crippen molar-refractivity contribution in [2.75, 3.05) is 5.73 Å². The number of anilines is 1. The summed E-state index contributed by atoms with van der Waals surface area (Å²) in [6.45, 7) is 0. The first-order valence-corrected chi connectivity index (χ1v) is 6.12. The molecule has 1 aromatic rings. The van der Waals surface area contributed by atoms with Gasteiger partial charge in [-0.1, -0.05) is 12.8 Å². The molecule has 0 radical (unpaired) electrons. The van der Waals surface area contributed by atoms with E-state index >= 15 is 0 Å². The Morgan fingerprint density at radius 2 is 2.11 bits per heavy atom. The molecule has 0 heterocycles. The molecule has 1 amide bonds. The maximum absolute atomic E-state index is 13.5. The van der Waals surface area contributed by atoms with E-state index in [-0.39, 0.29) is 17.3 Å². The van der Waals surface area contributed by atoms with Crippen molar-refractivity contribution in [1.29, 1.82) is 0 Å². The van der Waals surface area contributed by atoms with Crippen molar-refractivity contribution in [3.63, 3.8) is 0 Å². The lowest BCUT2D eigenvalue weighted by Crippen LogP contribution is -2.45. The Kier molecular flexibility index (Phi) is 3.81. The molecule has 4 N–H and O–H groups in total. The van der Waals surface area contributed by atoms with E-state index in [0.29, 0.717) is 6.42 Å². The van der Waals surface area contributed by atoms with Crippen LogP contribution in [-0.2, 0) is 0 Å². The first kappa shape index (κ1) is 12.8. The number of amides is 1. The predicted molar refractivity (Wildman–Crippen MR) is 66.5 cm³/mol. The molecule has 2 rings (SSSR count). The zero-order chi connectivity index (χ0) is 13.1. The van der Waals surface area contributed by atoms with E-state index in [4.69, 9.17) is 5.73 Å². The molecule has 0 saturated heterocycles. The number of nitrogen functional groups attached to an aromatic ring is 1. The number of halogens is 1. The first-order valence-electron chi connectivity index (χ1n) is 6.12. The van der Waals surface area contributed by atoms with Crippen LogP contribution in [-0.4, -0.2) is 23.2 Å². The monoisotopic (exact) mass is 252 g/mol. The van der Waals surface area contributed by atoms with Crippen molar-refractivity contribution in [1.82, 2.24) is 5.32 Å². The second-order valence-corrected chi connectivity index (χ2v) is 4.67. The van der Waals surface area contributed by atoms with Gasteiger partial charge < -0.3 is 16.2 Å². The molecule has 0 aromatic heterocycles. The summed E-state index contributed by atoms with van der Waals surface area (Å²) in [5, 5.41) is 12.4.